The summed E-state index contributed by atoms with van der Waals surface area (Å²) in [6.45, 7) is 5.25. The molecule has 0 rings (SSSR count). The lowest BCUT2D eigenvalue weighted by Crippen LogP contribution is -2.35. The van der Waals surface area contributed by atoms with Crippen LogP contribution in [0.4, 0.5) is 0 Å². The van der Waals surface area contributed by atoms with Crippen LogP contribution in [0.3, 0.4) is 0 Å². The van der Waals surface area contributed by atoms with Gasteiger partial charge in [0.25, 0.3) is 0 Å². The molecule has 19 heavy (non-hydrogen) atoms. The maximum absolute atomic E-state index is 10.7. The fraction of sp³-hybridized carbons (Fsp3) is 1.00. The predicted molar refractivity (Wildman–Crippen MR) is 65.2 cm³/mol. The molecule has 0 aromatic heterocycles. The fourth-order valence-electron chi connectivity index (χ4n) is 1.24. The Morgan fingerprint density at radius 3 is 1.26 bits per heavy atom. The SMILES string of the molecule is CC(C)(COCC(C)(C)OP(=O)(O)O)OP(=O)(O)O. The van der Waals surface area contributed by atoms with Gasteiger partial charge in [0.2, 0.25) is 0 Å². The Bertz CT molecular complexity index is 344. The first-order chi connectivity index (χ1) is 8.12. The van der Waals surface area contributed by atoms with Gasteiger partial charge in [-0.1, -0.05) is 0 Å². The van der Waals surface area contributed by atoms with Crippen molar-refractivity contribution in [1.29, 1.82) is 0 Å². The Balaban J connectivity index is 4.29. The molecule has 0 saturated carbocycles. The largest absolute Gasteiger partial charge is 0.470 e. The van der Waals surface area contributed by atoms with Gasteiger partial charge in [-0.3, -0.25) is 9.05 Å². The maximum Gasteiger partial charge on any atom is 0.470 e. The van der Waals surface area contributed by atoms with Gasteiger partial charge in [0.05, 0.1) is 24.4 Å². The summed E-state index contributed by atoms with van der Waals surface area (Å²) in [6.07, 6.45) is 0. The van der Waals surface area contributed by atoms with E-state index in [1.54, 1.807) is 0 Å². The number of phosphoric ester groups is 2. The summed E-state index contributed by atoms with van der Waals surface area (Å²) in [7, 11) is -9.27. The van der Waals surface area contributed by atoms with Crippen LogP contribution < -0.4 is 0 Å². The molecule has 0 aromatic carbocycles. The molecule has 0 aliphatic rings. The van der Waals surface area contributed by atoms with E-state index in [-0.39, 0.29) is 13.2 Å². The molecule has 116 valence electrons. The molecule has 0 radical (unpaired) electrons. The highest BCUT2D eigenvalue weighted by Gasteiger charge is 2.32. The topological polar surface area (TPSA) is 143 Å². The van der Waals surface area contributed by atoms with Crippen molar-refractivity contribution in [2.24, 2.45) is 0 Å². The second-order valence-corrected chi connectivity index (χ2v) is 7.50. The second kappa shape index (κ2) is 6.30. The lowest BCUT2D eigenvalue weighted by Gasteiger charge is -2.29. The van der Waals surface area contributed by atoms with Crippen LogP contribution in [0.15, 0.2) is 0 Å². The first kappa shape index (κ1) is 19.2. The van der Waals surface area contributed by atoms with Crippen LogP contribution in [0.1, 0.15) is 27.7 Å². The minimum absolute atomic E-state index is 0.188. The molecule has 0 heterocycles. The Kier molecular flexibility index (Phi) is 6.36. The van der Waals surface area contributed by atoms with E-state index in [0.717, 1.165) is 0 Å². The minimum atomic E-state index is -4.64. The zero-order valence-electron chi connectivity index (χ0n) is 11.1. The van der Waals surface area contributed by atoms with Gasteiger partial charge in [0.15, 0.2) is 0 Å². The lowest BCUT2D eigenvalue weighted by atomic mass is 10.1. The van der Waals surface area contributed by atoms with Crippen molar-refractivity contribution in [3.63, 3.8) is 0 Å². The first-order valence-corrected chi connectivity index (χ1v) is 8.28. The summed E-state index contributed by atoms with van der Waals surface area (Å²) in [4.78, 5) is 34.7. The fourth-order valence-corrected chi connectivity index (χ4v) is 2.63. The molecule has 0 spiro atoms. The molecule has 0 atom stereocenters. The van der Waals surface area contributed by atoms with Gasteiger partial charge in [-0.15, -0.1) is 0 Å². The smallest absolute Gasteiger partial charge is 0.375 e. The molecule has 0 unspecified atom stereocenters. The summed E-state index contributed by atoms with van der Waals surface area (Å²) >= 11 is 0. The van der Waals surface area contributed by atoms with Crippen LogP contribution in [0.2, 0.25) is 0 Å². The number of hydrogen-bond donors (Lipinski definition) is 4. The van der Waals surface area contributed by atoms with Gasteiger partial charge in [0.1, 0.15) is 0 Å². The van der Waals surface area contributed by atoms with Crippen molar-refractivity contribution < 1.29 is 42.5 Å². The molecule has 4 N–H and O–H groups in total. The third-order valence-electron chi connectivity index (χ3n) is 1.63. The molecular formula is C8H20O9P2. The average Bonchev–Trinajstić information content (AvgIpc) is 1.90. The summed E-state index contributed by atoms with van der Waals surface area (Å²) in [5.41, 5.74) is -2.51. The van der Waals surface area contributed by atoms with Crippen molar-refractivity contribution in [1.82, 2.24) is 0 Å². The van der Waals surface area contributed by atoms with Gasteiger partial charge in [-0.05, 0) is 27.7 Å². The molecule has 0 fully saturated rings. The van der Waals surface area contributed by atoms with Crippen LogP contribution in [0.25, 0.3) is 0 Å². The molecule has 11 heteroatoms. The van der Waals surface area contributed by atoms with Crippen LogP contribution in [-0.2, 0) is 22.9 Å². The van der Waals surface area contributed by atoms with Crippen LogP contribution >= 0.6 is 15.6 Å². The van der Waals surface area contributed by atoms with Crippen molar-refractivity contribution in [3.05, 3.63) is 0 Å². The van der Waals surface area contributed by atoms with E-state index < -0.39 is 26.8 Å². The Morgan fingerprint density at radius 2 is 1.05 bits per heavy atom. The highest BCUT2D eigenvalue weighted by atomic mass is 31.2. The predicted octanol–water partition coefficient (Wildman–Crippen LogP) is 0.779. The Morgan fingerprint density at radius 1 is 0.789 bits per heavy atom. The minimum Gasteiger partial charge on any atom is -0.375 e. The van der Waals surface area contributed by atoms with Crippen molar-refractivity contribution in [3.8, 4) is 0 Å². The third-order valence-corrected chi connectivity index (χ3v) is 3.10. The number of ether oxygens (including phenoxy) is 1. The number of rotatable bonds is 8. The van der Waals surface area contributed by atoms with E-state index in [2.05, 4.69) is 9.05 Å². The standard InChI is InChI=1S/C8H20O9P2/c1-7(2,16-18(9,10)11)5-15-6-8(3,4)17-19(12,13)14/h5-6H2,1-4H3,(H2,9,10,11)(H2,12,13,14). The van der Waals surface area contributed by atoms with E-state index >= 15 is 0 Å². The zero-order valence-corrected chi connectivity index (χ0v) is 12.9. The van der Waals surface area contributed by atoms with Gasteiger partial charge in [-0.25, -0.2) is 9.13 Å². The molecule has 0 aromatic rings. The monoisotopic (exact) mass is 322 g/mol. The third kappa shape index (κ3) is 11.7. The van der Waals surface area contributed by atoms with Crippen LogP contribution in [0, 0.1) is 0 Å². The van der Waals surface area contributed by atoms with Gasteiger partial charge >= 0.3 is 15.6 Å². The quantitative estimate of drug-likeness (QED) is 0.476. The molecule has 0 aliphatic carbocycles. The number of hydrogen-bond acceptors (Lipinski definition) is 5. The van der Waals surface area contributed by atoms with E-state index in [9.17, 15) is 9.13 Å². The Hall–Kier alpha value is 0.180. The van der Waals surface area contributed by atoms with Crippen LogP contribution in [0.5, 0.6) is 0 Å². The normalized spacial score (nSPS) is 14.7. The summed E-state index contributed by atoms with van der Waals surface area (Å²) in [5.74, 6) is 0. The second-order valence-electron chi connectivity index (χ2n) is 5.18. The van der Waals surface area contributed by atoms with Crippen molar-refractivity contribution >= 4 is 15.6 Å². The summed E-state index contributed by atoms with van der Waals surface area (Å²) in [5, 5.41) is 0. The average molecular weight is 322 g/mol. The zero-order chi connectivity index (χ0) is 15.5. The lowest BCUT2D eigenvalue weighted by molar-refractivity contribution is -0.0662. The molecular weight excluding hydrogens is 302 g/mol. The van der Waals surface area contributed by atoms with Crippen LogP contribution in [-0.4, -0.2) is 44.0 Å². The highest BCUT2D eigenvalue weighted by molar-refractivity contribution is 7.46. The highest BCUT2D eigenvalue weighted by Crippen LogP contribution is 2.42. The summed E-state index contributed by atoms with van der Waals surface area (Å²) < 4.78 is 35.5. The van der Waals surface area contributed by atoms with E-state index in [0.29, 0.717) is 0 Å². The molecule has 0 bridgehead atoms. The maximum atomic E-state index is 10.7. The summed E-state index contributed by atoms with van der Waals surface area (Å²) in [6, 6.07) is 0. The van der Waals surface area contributed by atoms with E-state index in [4.69, 9.17) is 24.3 Å². The van der Waals surface area contributed by atoms with Crippen molar-refractivity contribution in [2.75, 3.05) is 13.2 Å². The molecule has 0 aliphatic heterocycles. The molecule has 0 amide bonds. The van der Waals surface area contributed by atoms with Gasteiger partial charge in [-0.2, -0.15) is 0 Å². The van der Waals surface area contributed by atoms with Gasteiger partial charge in [0, 0.05) is 0 Å². The van der Waals surface area contributed by atoms with Gasteiger partial charge < -0.3 is 24.3 Å². The molecule has 9 nitrogen and oxygen atoms in total. The van der Waals surface area contributed by atoms with E-state index in [1.807, 2.05) is 0 Å². The van der Waals surface area contributed by atoms with Crippen molar-refractivity contribution in [2.45, 2.75) is 38.9 Å². The Labute approximate surface area is 111 Å². The van der Waals surface area contributed by atoms with E-state index in [1.165, 1.54) is 27.7 Å². The number of phosphoric acid groups is 2. The molecule has 0 saturated heterocycles. The first-order valence-electron chi connectivity index (χ1n) is 5.22.